The second-order valence-electron chi connectivity index (χ2n) is 6.06. The third-order valence-electron chi connectivity index (χ3n) is 3.91. The summed E-state index contributed by atoms with van der Waals surface area (Å²) in [5.74, 6) is -0.817. The van der Waals surface area contributed by atoms with Crippen molar-refractivity contribution in [1.82, 2.24) is 4.72 Å². The molecule has 164 valence electrons. The summed E-state index contributed by atoms with van der Waals surface area (Å²) in [4.78, 5) is 35.4. The van der Waals surface area contributed by atoms with E-state index in [-0.39, 0.29) is 23.0 Å². The number of hydrogen-bond donors (Lipinski definition) is 2. The summed E-state index contributed by atoms with van der Waals surface area (Å²) in [5.41, 5.74) is 0.214. The molecule has 0 unspecified atom stereocenters. The molecular formula is C19H18N2O8S2. The van der Waals surface area contributed by atoms with Crippen molar-refractivity contribution < 1.29 is 31.9 Å². The van der Waals surface area contributed by atoms with E-state index in [1.54, 1.807) is 30.5 Å². The van der Waals surface area contributed by atoms with Crippen LogP contribution in [-0.2, 0) is 30.9 Å². The molecule has 3 aromatic rings. The number of sulfonamides is 1. The fraction of sp³-hybridized carbons (Fsp3) is 0.211. The highest BCUT2D eigenvalue weighted by Gasteiger charge is 2.17. The average molecular weight is 466 g/mol. The second-order valence-corrected chi connectivity index (χ2v) is 9.01. The predicted octanol–water partition coefficient (Wildman–Crippen LogP) is 2.44. The van der Waals surface area contributed by atoms with Gasteiger partial charge >= 0.3 is 17.7 Å². The lowest BCUT2D eigenvalue weighted by Gasteiger charge is -2.09. The maximum Gasteiger partial charge on any atom is 0.411 e. The van der Waals surface area contributed by atoms with Crippen LogP contribution < -0.4 is 15.7 Å². The Morgan fingerprint density at radius 3 is 2.68 bits per heavy atom. The van der Waals surface area contributed by atoms with Crippen molar-refractivity contribution in [3.8, 4) is 0 Å². The minimum absolute atomic E-state index is 0.0826. The minimum atomic E-state index is -3.80. The summed E-state index contributed by atoms with van der Waals surface area (Å²) in [7, 11) is -3.80. The Bertz CT molecular complexity index is 1250. The maximum absolute atomic E-state index is 12.0. The fourth-order valence-electron chi connectivity index (χ4n) is 2.56. The smallest absolute Gasteiger partial charge is 0.411 e. The molecule has 0 saturated carbocycles. The molecule has 0 saturated heterocycles. The van der Waals surface area contributed by atoms with Gasteiger partial charge in [-0.05, 0) is 30.5 Å². The normalized spacial score (nSPS) is 11.3. The van der Waals surface area contributed by atoms with Gasteiger partial charge in [0.2, 0.25) is 0 Å². The molecule has 0 aliphatic carbocycles. The number of rotatable bonds is 8. The van der Waals surface area contributed by atoms with E-state index < -0.39 is 34.3 Å². The van der Waals surface area contributed by atoms with Gasteiger partial charge in [0.1, 0.15) is 22.9 Å². The molecule has 2 heterocycles. The van der Waals surface area contributed by atoms with Crippen molar-refractivity contribution in [1.29, 1.82) is 0 Å². The number of carbonyl (C=O) groups excluding carboxylic acids is 2. The molecule has 2 aromatic heterocycles. The van der Waals surface area contributed by atoms with Crippen LogP contribution in [0.5, 0.6) is 0 Å². The van der Waals surface area contributed by atoms with Gasteiger partial charge in [0.05, 0.1) is 6.61 Å². The lowest BCUT2D eigenvalue weighted by atomic mass is 10.1. The predicted molar refractivity (Wildman–Crippen MR) is 112 cm³/mol. The van der Waals surface area contributed by atoms with Crippen LogP contribution in [0.25, 0.3) is 11.0 Å². The van der Waals surface area contributed by atoms with Crippen LogP contribution in [0.2, 0.25) is 0 Å². The Morgan fingerprint density at radius 1 is 1.16 bits per heavy atom. The van der Waals surface area contributed by atoms with Crippen molar-refractivity contribution in [2.45, 2.75) is 17.7 Å². The standard InChI is InChI=1S/C19H18N2O8S2/c1-2-27-19(24)21-13-5-6-14-12(8-16(22)29-15(14)9-13)11-28-17(23)10-20-31(25,26)18-4-3-7-30-18/h3-9,20H,2,10-11H2,1H3,(H,21,24). The number of amides is 1. The first-order chi connectivity index (χ1) is 14.8. The first kappa shape index (κ1) is 22.5. The zero-order chi connectivity index (χ0) is 22.4. The monoisotopic (exact) mass is 466 g/mol. The molecular weight excluding hydrogens is 448 g/mol. The van der Waals surface area contributed by atoms with Crippen molar-refractivity contribution in [3.63, 3.8) is 0 Å². The van der Waals surface area contributed by atoms with Crippen LogP contribution in [0.3, 0.4) is 0 Å². The van der Waals surface area contributed by atoms with Gasteiger partial charge in [-0.3, -0.25) is 10.1 Å². The molecule has 0 radical (unpaired) electrons. The summed E-state index contributed by atoms with van der Waals surface area (Å²) in [6, 6.07) is 8.76. The Labute approximate surface area is 180 Å². The van der Waals surface area contributed by atoms with Crippen molar-refractivity contribution in [2.75, 3.05) is 18.5 Å². The van der Waals surface area contributed by atoms with Gasteiger partial charge in [0.15, 0.2) is 0 Å². The van der Waals surface area contributed by atoms with E-state index in [4.69, 9.17) is 13.9 Å². The molecule has 0 fully saturated rings. The molecule has 0 aliphatic heterocycles. The van der Waals surface area contributed by atoms with E-state index in [0.717, 1.165) is 11.3 Å². The molecule has 2 N–H and O–H groups in total. The molecule has 10 nitrogen and oxygen atoms in total. The van der Waals surface area contributed by atoms with Gasteiger partial charge in [-0.15, -0.1) is 11.3 Å². The van der Waals surface area contributed by atoms with Crippen LogP contribution in [0.1, 0.15) is 12.5 Å². The number of anilines is 1. The minimum Gasteiger partial charge on any atom is -0.460 e. The number of nitrogens with one attached hydrogen (secondary N) is 2. The lowest BCUT2D eigenvalue weighted by molar-refractivity contribution is -0.143. The first-order valence-corrected chi connectivity index (χ1v) is 11.3. The number of benzene rings is 1. The highest BCUT2D eigenvalue weighted by molar-refractivity contribution is 7.91. The van der Waals surface area contributed by atoms with Crippen LogP contribution >= 0.6 is 11.3 Å². The SMILES string of the molecule is CCOC(=O)Nc1ccc2c(COC(=O)CNS(=O)(=O)c3cccs3)cc(=O)oc2c1. The van der Waals surface area contributed by atoms with E-state index in [2.05, 4.69) is 10.0 Å². The quantitative estimate of drug-likeness (QED) is 0.381. The van der Waals surface area contributed by atoms with Crippen molar-refractivity contribution in [2.24, 2.45) is 0 Å². The van der Waals surface area contributed by atoms with Gasteiger partial charge in [-0.1, -0.05) is 6.07 Å². The summed E-state index contributed by atoms with van der Waals surface area (Å²) in [6.45, 7) is 1.03. The molecule has 3 rings (SSSR count). The van der Waals surface area contributed by atoms with Gasteiger partial charge in [0, 0.05) is 28.8 Å². The molecule has 31 heavy (non-hydrogen) atoms. The third-order valence-corrected chi connectivity index (χ3v) is 6.71. The van der Waals surface area contributed by atoms with Crippen LogP contribution in [-0.4, -0.2) is 33.6 Å². The highest BCUT2D eigenvalue weighted by atomic mass is 32.2. The Morgan fingerprint density at radius 2 is 1.97 bits per heavy atom. The number of esters is 1. The molecule has 1 amide bonds. The van der Waals surface area contributed by atoms with Crippen LogP contribution in [0.4, 0.5) is 10.5 Å². The first-order valence-electron chi connectivity index (χ1n) is 8.98. The largest absolute Gasteiger partial charge is 0.460 e. The average Bonchev–Trinajstić information content (AvgIpc) is 3.26. The van der Waals surface area contributed by atoms with Crippen molar-refractivity contribution in [3.05, 3.63) is 57.8 Å². The topological polar surface area (TPSA) is 141 Å². The second kappa shape index (κ2) is 9.73. The zero-order valence-corrected chi connectivity index (χ0v) is 17.9. The number of ether oxygens (including phenoxy) is 2. The summed E-state index contributed by atoms with van der Waals surface area (Å²) in [6.07, 6.45) is -0.653. The summed E-state index contributed by atoms with van der Waals surface area (Å²) >= 11 is 1.02. The molecule has 1 aromatic carbocycles. The molecule has 0 spiro atoms. The third kappa shape index (κ3) is 5.90. The lowest BCUT2D eigenvalue weighted by Crippen LogP contribution is -2.30. The molecule has 0 aliphatic rings. The van der Waals surface area contributed by atoms with Gasteiger partial charge < -0.3 is 13.9 Å². The van der Waals surface area contributed by atoms with E-state index in [1.807, 2.05) is 0 Å². The van der Waals surface area contributed by atoms with E-state index in [0.29, 0.717) is 16.6 Å². The fourth-order valence-corrected chi connectivity index (χ4v) is 4.57. The maximum atomic E-state index is 12.0. The highest BCUT2D eigenvalue weighted by Crippen LogP contribution is 2.22. The van der Waals surface area contributed by atoms with Crippen LogP contribution in [0.15, 0.2) is 55.2 Å². The molecule has 0 bridgehead atoms. The Hall–Kier alpha value is -3.22. The summed E-state index contributed by atoms with van der Waals surface area (Å²) < 4.78 is 41.4. The van der Waals surface area contributed by atoms with Gasteiger partial charge in [-0.2, -0.15) is 4.72 Å². The van der Waals surface area contributed by atoms with Crippen LogP contribution in [0, 0.1) is 0 Å². The number of carbonyl (C=O) groups is 2. The van der Waals surface area contributed by atoms with E-state index >= 15 is 0 Å². The molecule has 12 heteroatoms. The van der Waals surface area contributed by atoms with E-state index in [9.17, 15) is 22.8 Å². The molecule has 0 atom stereocenters. The number of thiophene rings is 1. The number of fused-ring (bicyclic) bond motifs is 1. The van der Waals surface area contributed by atoms with Gasteiger partial charge in [0.25, 0.3) is 10.0 Å². The van der Waals surface area contributed by atoms with E-state index in [1.165, 1.54) is 18.2 Å². The zero-order valence-electron chi connectivity index (χ0n) is 16.2. The summed E-state index contributed by atoms with van der Waals surface area (Å²) in [5, 5.41) is 4.58. The number of hydrogen-bond acceptors (Lipinski definition) is 9. The van der Waals surface area contributed by atoms with Gasteiger partial charge in [-0.25, -0.2) is 18.0 Å². The van der Waals surface area contributed by atoms with Crippen molar-refractivity contribution >= 4 is 50.1 Å². The Kier molecular flexibility index (Phi) is 7.05. The Balaban J connectivity index is 1.67.